The van der Waals surface area contributed by atoms with Crippen LogP contribution in [-0.4, -0.2) is 32.9 Å². The number of halogens is 1. The summed E-state index contributed by atoms with van der Waals surface area (Å²) in [6.07, 6.45) is 3.32. The van der Waals surface area contributed by atoms with Gasteiger partial charge in [-0.15, -0.1) is 5.10 Å². The van der Waals surface area contributed by atoms with Gasteiger partial charge in [-0.25, -0.2) is 9.07 Å². The number of nitrogens with two attached hydrogens (primary N) is 1. The van der Waals surface area contributed by atoms with Gasteiger partial charge < -0.3 is 10.5 Å². The third kappa shape index (κ3) is 2.62. The molecule has 1 aromatic heterocycles. The van der Waals surface area contributed by atoms with Crippen molar-refractivity contribution in [1.82, 2.24) is 20.2 Å². The molecule has 1 unspecified atom stereocenters. The second-order valence-corrected chi connectivity index (χ2v) is 4.88. The van der Waals surface area contributed by atoms with E-state index in [4.69, 9.17) is 10.5 Å². The van der Waals surface area contributed by atoms with Gasteiger partial charge in [-0.2, -0.15) is 0 Å². The van der Waals surface area contributed by atoms with Crippen molar-refractivity contribution < 1.29 is 9.13 Å². The molecule has 0 aliphatic carbocycles. The number of tetrazole rings is 1. The standard InChI is InChI=1S/C13H16FN5O/c14-9-3-4-11(12(15)8-9)13-16-17-18-19(13)6-5-10-2-1-7-20-10/h3-4,8,10H,1-2,5-7,15H2. The molecule has 0 bridgehead atoms. The van der Waals surface area contributed by atoms with Crippen LogP contribution in [0.1, 0.15) is 19.3 Å². The summed E-state index contributed by atoms with van der Waals surface area (Å²) in [6.45, 7) is 1.49. The molecule has 0 radical (unpaired) electrons. The summed E-state index contributed by atoms with van der Waals surface area (Å²) in [6, 6.07) is 4.22. The van der Waals surface area contributed by atoms with Crippen LogP contribution in [0.15, 0.2) is 18.2 Å². The van der Waals surface area contributed by atoms with Crippen LogP contribution in [0.2, 0.25) is 0 Å². The number of aryl methyl sites for hydroxylation is 1. The summed E-state index contributed by atoms with van der Waals surface area (Å²) in [5.74, 6) is 0.185. The first-order chi connectivity index (χ1) is 9.74. The Labute approximate surface area is 115 Å². The fourth-order valence-electron chi connectivity index (χ4n) is 2.42. The molecule has 2 heterocycles. The number of rotatable bonds is 4. The van der Waals surface area contributed by atoms with Crippen molar-refractivity contribution >= 4 is 5.69 Å². The molecule has 1 aliphatic heterocycles. The van der Waals surface area contributed by atoms with E-state index in [1.54, 1.807) is 10.7 Å². The highest BCUT2D eigenvalue weighted by Crippen LogP contribution is 2.24. The smallest absolute Gasteiger partial charge is 0.184 e. The molecule has 1 aromatic carbocycles. The second kappa shape index (κ2) is 5.54. The molecule has 1 saturated heterocycles. The van der Waals surface area contributed by atoms with Gasteiger partial charge in [0.05, 0.1) is 6.10 Å². The largest absolute Gasteiger partial charge is 0.398 e. The van der Waals surface area contributed by atoms with E-state index >= 15 is 0 Å². The van der Waals surface area contributed by atoms with E-state index in [9.17, 15) is 4.39 Å². The van der Waals surface area contributed by atoms with Crippen molar-refractivity contribution in [2.45, 2.75) is 31.9 Å². The molecule has 20 heavy (non-hydrogen) atoms. The minimum absolute atomic E-state index is 0.276. The number of nitrogen functional groups attached to an aromatic ring is 1. The van der Waals surface area contributed by atoms with Crippen LogP contribution in [0.3, 0.4) is 0 Å². The lowest BCUT2D eigenvalue weighted by Crippen LogP contribution is -2.12. The van der Waals surface area contributed by atoms with Crippen LogP contribution in [0.4, 0.5) is 10.1 Å². The molecule has 2 N–H and O–H groups in total. The molecule has 106 valence electrons. The Balaban J connectivity index is 1.78. The maximum atomic E-state index is 13.1. The number of hydrogen-bond donors (Lipinski definition) is 1. The Morgan fingerprint density at radius 2 is 2.35 bits per heavy atom. The predicted octanol–water partition coefficient (Wildman–Crippen LogP) is 1.63. The summed E-state index contributed by atoms with van der Waals surface area (Å²) >= 11 is 0. The Bertz CT molecular complexity index is 594. The molecule has 1 fully saturated rings. The molecular weight excluding hydrogens is 261 g/mol. The van der Waals surface area contributed by atoms with Crippen molar-refractivity contribution in [3.63, 3.8) is 0 Å². The lowest BCUT2D eigenvalue weighted by molar-refractivity contribution is 0.0994. The number of ether oxygens (including phenoxy) is 1. The molecule has 7 heteroatoms. The lowest BCUT2D eigenvalue weighted by Gasteiger charge is -2.10. The van der Waals surface area contributed by atoms with Gasteiger partial charge in [-0.1, -0.05) is 0 Å². The van der Waals surface area contributed by atoms with Gasteiger partial charge >= 0.3 is 0 Å². The van der Waals surface area contributed by atoms with Crippen molar-refractivity contribution in [1.29, 1.82) is 0 Å². The second-order valence-electron chi connectivity index (χ2n) is 4.88. The predicted molar refractivity (Wildman–Crippen MR) is 71.2 cm³/mol. The summed E-state index contributed by atoms with van der Waals surface area (Å²) in [5, 5.41) is 11.6. The average molecular weight is 277 g/mol. The minimum Gasteiger partial charge on any atom is -0.398 e. The van der Waals surface area contributed by atoms with Gasteiger partial charge in [0, 0.05) is 24.4 Å². The molecule has 0 saturated carbocycles. The Hall–Kier alpha value is -2.02. The van der Waals surface area contributed by atoms with Gasteiger partial charge in [0.25, 0.3) is 0 Å². The van der Waals surface area contributed by atoms with Gasteiger partial charge in [-0.05, 0) is 47.9 Å². The van der Waals surface area contributed by atoms with Crippen molar-refractivity contribution in [2.75, 3.05) is 12.3 Å². The van der Waals surface area contributed by atoms with E-state index in [1.807, 2.05) is 0 Å². The Morgan fingerprint density at radius 1 is 1.45 bits per heavy atom. The monoisotopic (exact) mass is 277 g/mol. The van der Waals surface area contributed by atoms with E-state index in [2.05, 4.69) is 15.5 Å². The zero-order valence-corrected chi connectivity index (χ0v) is 11.0. The third-order valence-electron chi connectivity index (χ3n) is 3.47. The lowest BCUT2D eigenvalue weighted by atomic mass is 10.1. The minimum atomic E-state index is -0.371. The summed E-state index contributed by atoms with van der Waals surface area (Å²) < 4.78 is 20.4. The Kier molecular flexibility index (Phi) is 3.60. The van der Waals surface area contributed by atoms with E-state index in [0.717, 1.165) is 25.9 Å². The number of aromatic nitrogens is 4. The number of nitrogens with zero attached hydrogens (tertiary/aromatic N) is 4. The number of hydrogen-bond acceptors (Lipinski definition) is 5. The molecule has 1 aliphatic rings. The topological polar surface area (TPSA) is 78.9 Å². The molecule has 1 atom stereocenters. The summed E-state index contributed by atoms with van der Waals surface area (Å²) in [4.78, 5) is 0. The van der Waals surface area contributed by atoms with Crippen LogP contribution in [0.25, 0.3) is 11.4 Å². The van der Waals surface area contributed by atoms with Crippen LogP contribution < -0.4 is 5.73 Å². The van der Waals surface area contributed by atoms with Gasteiger partial charge in [0.2, 0.25) is 0 Å². The molecule has 3 rings (SSSR count). The number of anilines is 1. The van der Waals surface area contributed by atoms with Crippen molar-refractivity contribution in [3.8, 4) is 11.4 Å². The van der Waals surface area contributed by atoms with E-state index in [0.29, 0.717) is 23.6 Å². The van der Waals surface area contributed by atoms with Crippen LogP contribution >= 0.6 is 0 Å². The molecule has 0 spiro atoms. The average Bonchev–Trinajstić information content (AvgIpc) is 3.07. The first kappa shape index (κ1) is 13.0. The van der Waals surface area contributed by atoms with E-state index in [-0.39, 0.29) is 11.9 Å². The maximum absolute atomic E-state index is 13.1. The molecule has 2 aromatic rings. The molecular formula is C13H16FN5O. The zero-order valence-electron chi connectivity index (χ0n) is 11.0. The first-order valence-electron chi connectivity index (χ1n) is 6.67. The fourth-order valence-corrected chi connectivity index (χ4v) is 2.42. The van der Waals surface area contributed by atoms with Crippen LogP contribution in [0.5, 0.6) is 0 Å². The number of benzene rings is 1. The summed E-state index contributed by atoms with van der Waals surface area (Å²) in [5.41, 5.74) is 6.80. The Morgan fingerprint density at radius 3 is 3.10 bits per heavy atom. The normalized spacial score (nSPS) is 18.6. The van der Waals surface area contributed by atoms with E-state index < -0.39 is 0 Å². The van der Waals surface area contributed by atoms with Gasteiger partial charge in [0.15, 0.2) is 5.82 Å². The summed E-state index contributed by atoms with van der Waals surface area (Å²) in [7, 11) is 0. The quantitative estimate of drug-likeness (QED) is 0.859. The van der Waals surface area contributed by atoms with E-state index in [1.165, 1.54) is 12.1 Å². The third-order valence-corrected chi connectivity index (χ3v) is 3.47. The van der Waals surface area contributed by atoms with Gasteiger partial charge in [-0.3, -0.25) is 0 Å². The molecule has 0 amide bonds. The van der Waals surface area contributed by atoms with Gasteiger partial charge in [0.1, 0.15) is 5.82 Å². The van der Waals surface area contributed by atoms with Crippen molar-refractivity contribution in [3.05, 3.63) is 24.0 Å². The van der Waals surface area contributed by atoms with Crippen molar-refractivity contribution in [2.24, 2.45) is 0 Å². The van der Waals surface area contributed by atoms with Crippen LogP contribution in [0, 0.1) is 5.82 Å². The SMILES string of the molecule is Nc1cc(F)ccc1-c1nnnn1CCC1CCCO1. The molecule has 6 nitrogen and oxygen atoms in total. The zero-order chi connectivity index (χ0) is 13.9. The fraction of sp³-hybridized carbons (Fsp3) is 0.462. The van der Waals surface area contributed by atoms with Crippen LogP contribution in [-0.2, 0) is 11.3 Å². The highest BCUT2D eigenvalue weighted by Gasteiger charge is 2.18. The highest BCUT2D eigenvalue weighted by molar-refractivity contribution is 5.71. The highest BCUT2D eigenvalue weighted by atomic mass is 19.1. The first-order valence-corrected chi connectivity index (χ1v) is 6.67. The maximum Gasteiger partial charge on any atom is 0.184 e.